The highest BCUT2D eigenvalue weighted by Crippen LogP contribution is 2.24. The molecular formula is C21H15ClN2O6. The highest BCUT2D eigenvalue weighted by Gasteiger charge is 2.17. The van der Waals surface area contributed by atoms with E-state index in [0.29, 0.717) is 17.2 Å². The molecule has 9 heteroatoms. The van der Waals surface area contributed by atoms with Crippen LogP contribution in [0.2, 0.25) is 5.02 Å². The summed E-state index contributed by atoms with van der Waals surface area (Å²) in [6.07, 6.45) is 0. The SMILES string of the molecule is O=C(COC(=O)c1ccc([N+](=O)[O-])cc1Cl)Nc1ccc(Oc2ccccc2)cc1. The topological polar surface area (TPSA) is 108 Å². The minimum atomic E-state index is -0.864. The van der Waals surface area contributed by atoms with Crippen LogP contribution in [-0.4, -0.2) is 23.4 Å². The Balaban J connectivity index is 1.52. The molecule has 0 heterocycles. The van der Waals surface area contributed by atoms with Gasteiger partial charge in [0.25, 0.3) is 11.6 Å². The molecule has 30 heavy (non-hydrogen) atoms. The number of nitro benzene ring substituents is 1. The van der Waals surface area contributed by atoms with Crippen LogP contribution in [0.15, 0.2) is 72.8 Å². The second-order valence-corrected chi connectivity index (χ2v) is 6.39. The molecule has 0 aliphatic rings. The van der Waals surface area contributed by atoms with Gasteiger partial charge in [0.15, 0.2) is 6.61 Å². The maximum Gasteiger partial charge on any atom is 0.340 e. The lowest BCUT2D eigenvalue weighted by atomic mass is 10.2. The van der Waals surface area contributed by atoms with Crippen molar-refractivity contribution in [3.8, 4) is 11.5 Å². The molecule has 0 spiro atoms. The zero-order chi connectivity index (χ0) is 21.5. The maximum atomic E-state index is 12.0. The van der Waals surface area contributed by atoms with Crippen molar-refractivity contribution in [1.29, 1.82) is 0 Å². The van der Waals surface area contributed by atoms with Gasteiger partial charge in [0.05, 0.1) is 15.5 Å². The quantitative estimate of drug-likeness (QED) is 0.329. The Kier molecular flexibility index (Phi) is 6.61. The molecule has 0 radical (unpaired) electrons. The van der Waals surface area contributed by atoms with Crippen molar-refractivity contribution in [1.82, 2.24) is 0 Å². The molecule has 0 unspecified atom stereocenters. The summed E-state index contributed by atoms with van der Waals surface area (Å²) in [5.74, 6) is -0.140. The van der Waals surface area contributed by atoms with Gasteiger partial charge in [-0.05, 0) is 42.5 Å². The number of esters is 1. The summed E-state index contributed by atoms with van der Waals surface area (Å²) in [6, 6.07) is 19.2. The van der Waals surface area contributed by atoms with E-state index in [4.69, 9.17) is 21.1 Å². The zero-order valence-corrected chi connectivity index (χ0v) is 16.2. The fraction of sp³-hybridized carbons (Fsp3) is 0.0476. The normalized spacial score (nSPS) is 10.2. The van der Waals surface area contributed by atoms with Crippen molar-refractivity contribution in [2.24, 2.45) is 0 Å². The number of benzene rings is 3. The molecule has 0 fully saturated rings. The first-order valence-corrected chi connectivity index (χ1v) is 9.04. The lowest BCUT2D eigenvalue weighted by Gasteiger charge is -2.09. The number of non-ortho nitro benzene ring substituents is 1. The van der Waals surface area contributed by atoms with Gasteiger partial charge in [0, 0.05) is 17.8 Å². The fourth-order valence-electron chi connectivity index (χ4n) is 2.42. The largest absolute Gasteiger partial charge is 0.457 e. The van der Waals surface area contributed by atoms with E-state index in [1.54, 1.807) is 24.3 Å². The van der Waals surface area contributed by atoms with Gasteiger partial charge in [0.2, 0.25) is 0 Å². The molecule has 1 amide bonds. The summed E-state index contributed by atoms with van der Waals surface area (Å²) in [7, 11) is 0. The van der Waals surface area contributed by atoms with Crippen molar-refractivity contribution in [3.05, 3.63) is 93.5 Å². The fourth-order valence-corrected chi connectivity index (χ4v) is 2.67. The third-order valence-corrected chi connectivity index (χ3v) is 4.15. The van der Waals surface area contributed by atoms with E-state index in [1.807, 2.05) is 30.3 Å². The standard InChI is InChI=1S/C21H15ClN2O6/c22-19-12-15(24(27)28)8-11-18(19)21(26)29-13-20(25)23-14-6-9-17(10-7-14)30-16-4-2-1-3-5-16/h1-12H,13H2,(H,23,25). The monoisotopic (exact) mass is 426 g/mol. The van der Waals surface area contributed by atoms with Crippen LogP contribution in [0.4, 0.5) is 11.4 Å². The van der Waals surface area contributed by atoms with Gasteiger partial charge >= 0.3 is 5.97 Å². The van der Waals surface area contributed by atoms with E-state index >= 15 is 0 Å². The van der Waals surface area contributed by atoms with Crippen LogP contribution in [0.25, 0.3) is 0 Å². The first-order valence-electron chi connectivity index (χ1n) is 8.66. The van der Waals surface area contributed by atoms with Crippen LogP contribution < -0.4 is 10.1 Å². The van der Waals surface area contributed by atoms with Gasteiger partial charge in [-0.15, -0.1) is 0 Å². The highest BCUT2D eigenvalue weighted by molar-refractivity contribution is 6.33. The average molecular weight is 427 g/mol. The summed E-state index contributed by atoms with van der Waals surface area (Å²) < 4.78 is 10.6. The Hall–Kier alpha value is -3.91. The maximum absolute atomic E-state index is 12.0. The molecule has 0 bridgehead atoms. The predicted octanol–water partition coefficient (Wildman–Crippen LogP) is 4.84. The van der Waals surface area contributed by atoms with E-state index in [0.717, 1.165) is 12.1 Å². The van der Waals surface area contributed by atoms with Gasteiger partial charge in [-0.2, -0.15) is 0 Å². The minimum absolute atomic E-state index is 0.0718. The Labute approximate surface area is 176 Å². The summed E-state index contributed by atoms with van der Waals surface area (Å²) in [4.78, 5) is 34.1. The third kappa shape index (κ3) is 5.55. The Bertz CT molecular complexity index is 1070. The third-order valence-electron chi connectivity index (χ3n) is 3.83. The number of hydrogen-bond donors (Lipinski definition) is 1. The molecular weight excluding hydrogens is 412 g/mol. The number of nitrogens with zero attached hydrogens (tertiary/aromatic N) is 1. The molecule has 1 N–H and O–H groups in total. The van der Waals surface area contributed by atoms with Crippen LogP contribution in [0.5, 0.6) is 11.5 Å². The van der Waals surface area contributed by atoms with Crippen LogP contribution in [0, 0.1) is 10.1 Å². The molecule has 0 aliphatic carbocycles. The smallest absolute Gasteiger partial charge is 0.340 e. The van der Waals surface area contributed by atoms with E-state index in [1.165, 1.54) is 6.07 Å². The van der Waals surface area contributed by atoms with Crippen molar-refractivity contribution in [2.75, 3.05) is 11.9 Å². The summed E-state index contributed by atoms with van der Waals surface area (Å²) in [5.41, 5.74) is 0.163. The van der Waals surface area contributed by atoms with Gasteiger partial charge in [-0.1, -0.05) is 29.8 Å². The number of nitrogens with one attached hydrogen (secondary N) is 1. The summed E-state index contributed by atoms with van der Waals surface area (Å²) in [6.45, 7) is -0.547. The number of ether oxygens (including phenoxy) is 2. The first-order chi connectivity index (χ1) is 14.4. The molecule has 8 nitrogen and oxygen atoms in total. The molecule has 3 rings (SSSR count). The van der Waals surface area contributed by atoms with Crippen molar-refractivity contribution >= 4 is 34.9 Å². The summed E-state index contributed by atoms with van der Waals surface area (Å²) in [5, 5.41) is 13.2. The lowest BCUT2D eigenvalue weighted by Crippen LogP contribution is -2.21. The molecule has 0 aliphatic heterocycles. The second kappa shape index (κ2) is 9.53. The highest BCUT2D eigenvalue weighted by atomic mass is 35.5. The van der Waals surface area contributed by atoms with Crippen molar-refractivity contribution < 1.29 is 24.0 Å². The molecule has 0 atom stereocenters. The number of anilines is 1. The molecule has 3 aromatic rings. The lowest BCUT2D eigenvalue weighted by molar-refractivity contribution is -0.384. The number of halogens is 1. The number of amides is 1. The minimum Gasteiger partial charge on any atom is -0.457 e. The molecule has 3 aromatic carbocycles. The number of hydrogen-bond acceptors (Lipinski definition) is 6. The van der Waals surface area contributed by atoms with Gasteiger partial charge in [-0.3, -0.25) is 14.9 Å². The van der Waals surface area contributed by atoms with Crippen LogP contribution >= 0.6 is 11.6 Å². The molecule has 0 aromatic heterocycles. The molecule has 0 saturated heterocycles. The van der Waals surface area contributed by atoms with Crippen LogP contribution in [0.1, 0.15) is 10.4 Å². The van der Waals surface area contributed by atoms with E-state index in [2.05, 4.69) is 5.32 Å². The van der Waals surface area contributed by atoms with E-state index < -0.39 is 23.4 Å². The Morgan fingerprint density at radius 1 is 0.967 bits per heavy atom. The van der Waals surface area contributed by atoms with Crippen LogP contribution in [-0.2, 0) is 9.53 Å². The molecule has 152 valence electrons. The van der Waals surface area contributed by atoms with E-state index in [-0.39, 0.29) is 16.3 Å². The second-order valence-electron chi connectivity index (χ2n) is 5.99. The van der Waals surface area contributed by atoms with E-state index in [9.17, 15) is 19.7 Å². The first kappa shape index (κ1) is 20.8. The number of carbonyl (C=O) groups excluding carboxylic acids is 2. The number of para-hydroxylation sites is 1. The predicted molar refractivity (Wildman–Crippen MR) is 110 cm³/mol. The van der Waals surface area contributed by atoms with Crippen molar-refractivity contribution in [3.63, 3.8) is 0 Å². The van der Waals surface area contributed by atoms with Gasteiger partial charge < -0.3 is 14.8 Å². The number of nitro groups is 1. The summed E-state index contributed by atoms with van der Waals surface area (Å²) >= 11 is 5.87. The molecule has 0 saturated carbocycles. The van der Waals surface area contributed by atoms with Gasteiger partial charge in [-0.25, -0.2) is 4.79 Å². The van der Waals surface area contributed by atoms with Gasteiger partial charge in [0.1, 0.15) is 11.5 Å². The van der Waals surface area contributed by atoms with Crippen molar-refractivity contribution in [2.45, 2.75) is 0 Å². The Morgan fingerprint density at radius 3 is 2.27 bits per heavy atom. The Morgan fingerprint density at radius 2 is 1.63 bits per heavy atom. The zero-order valence-electron chi connectivity index (χ0n) is 15.4. The number of carbonyl (C=O) groups is 2. The number of rotatable bonds is 7. The average Bonchev–Trinajstić information content (AvgIpc) is 2.74. The van der Waals surface area contributed by atoms with Crippen LogP contribution in [0.3, 0.4) is 0 Å².